The van der Waals surface area contributed by atoms with Crippen molar-refractivity contribution in [2.45, 2.75) is 0 Å². The van der Waals surface area contributed by atoms with Crippen molar-refractivity contribution in [1.29, 1.82) is 0 Å². The maximum Gasteiger partial charge on any atom is 0.227 e. The van der Waals surface area contributed by atoms with Gasteiger partial charge >= 0.3 is 0 Å². The molecule has 0 N–H and O–H groups in total. The second-order valence-corrected chi connectivity index (χ2v) is 3.81. The maximum absolute atomic E-state index is 5.83. The van der Waals surface area contributed by atoms with Gasteiger partial charge in [0, 0.05) is 23.6 Å². The normalized spacial score (nSPS) is 12.0. The Morgan fingerprint density at radius 3 is 3.00 bits per heavy atom. The second kappa shape index (κ2) is 3.89. The third kappa shape index (κ3) is 2.00. The van der Waals surface area contributed by atoms with Gasteiger partial charge in [-0.15, -0.1) is 0 Å². The predicted molar refractivity (Wildman–Crippen MR) is 55.6 cm³/mol. The zero-order chi connectivity index (χ0) is 9.97. The summed E-state index contributed by atoms with van der Waals surface area (Å²) in [6, 6.07) is 7.34. The molecular formula is C8H7ClN4S. The molecule has 0 unspecified atom stereocenters. The molecule has 0 atom stereocenters. The molecule has 4 nitrogen and oxygen atoms in total. The van der Waals surface area contributed by atoms with E-state index >= 15 is 0 Å². The zero-order valence-electron chi connectivity index (χ0n) is 7.38. The molecule has 0 amide bonds. The smallest absolute Gasteiger partial charge is 0.221 e. The van der Waals surface area contributed by atoms with Gasteiger partial charge in [-0.25, -0.2) is 9.67 Å². The first kappa shape index (κ1) is 9.36. The standard InChI is InChI=1S/C8H7ClN4S/c1-13-8(14-12-11-13)10-7-4-2-3-6(9)5-7/h2-5H,1H3. The van der Waals surface area contributed by atoms with Gasteiger partial charge in [0.15, 0.2) is 0 Å². The van der Waals surface area contributed by atoms with E-state index in [0.717, 1.165) is 10.5 Å². The van der Waals surface area contributed by atoms with Gasteiger partial charge in [0.25, 0.3) is 0 Å². The van der Waals surface area contributed by atoms with Crippen molar-refractivity contribution in [3.8, 4) is 0 Å². The molecule has 2 rings (SSSR count). The van der Waals surface area contributed by atoms with E-state index in [1.807, 2.05) is 18.2 Å². The topological polar surface area (TPSA) is 43.1 Å². The molecule has 0 saturated heterocycles. The number of halogens is 1. The van der Waals surface area contributed by atoms with Crippen LogP contribution in [-0.2, 0) is 7.05 Å². The lowest BCUT2D eigenvalue weighted by atomic mass is 10.3. The molecule has 1 aromatic carbocycles. The number of hydrogen-bond acceptors (Lipinski definition) is 4. The lowest BCUT2D eigenvalue weighted by molar-refractivity contribution is 0.686. The molecule has 1 heterocycles. The minimum Gasteiger partial charge on any atom is -0.221 e. The van der Waals surface area contributed by atoms with Crippen LogP contribution in [0.2, 0.25) is 5.02 Å². The predicted octanol–water partition coefficient (Wildman–Crippen LogP) is 1.76. The van der Waals surface area contributed by atoms with Crippen LogP contribution in [0.25, 0.3) is 0 Å². The Morgan fingerprint density at radius 2 is 2.36 bits per heavy atom. The number of nitrogens with zero attached hydrogens (tertiary/aromatic N) is 4. The largest absolute Gasteiger partial charge is 0.227 e. The maximum atomic E-state index is 5.83. The van der Waals surface area contributed by atoms with Crippen molar-refractivity contribution in [1.82, 2.24) is 14.4 Å². The van der Waals surface area contributed by atoms with Crippen molar-refractivity contribution in [2.75, 3.05) is 0 Å². The number of hydrogen-bond donors (Lipinski definition) is 0. The summed E-state index contributed by atoms with van der Waals surface area (Å²) in [6.07, 6.45) is 0. The lowest BCUT2D eigenvalue weighted by Gasteiger charge is -1.92. The van der Waals surface area contributed by atoms with E-state index in [1.165, 1.54) is 11.5 Å². The highest BCUT2D eigenvalue weighted by Crippen LogP contribution is 2.16. The molecule has 72 valence electrons. The van der Waals surface area contributed by atoms with Gasteiger partial charge in [-0.1, -0.05) is 27.4 Å². The molecule has 0 fully saturated rings. The first-order chi connectivity index (χ1) is 6.75. The monoisotopic (exact) mass is 226 g/mol. The number of rotatable bonds is 1. The highest BCUT2D eigenvalue weighted by atomic mass is 35.5. The average molecular weight is 227 g/mol. The molecule has 0 saturated carbocycles. The van der Waals surface area contributed by atoms with Crippen LogP contribution in [-0.4, -0.2) is 14.4 Å². The molecule has 0 aliphatic carbocycles. The SMILES string of the molecule is Cn1nnsc1=Nc1cccc(Cl)c1. The van der Waals surface area contributed by atoms with Gasteiger partial charge in [0.1, 0.15) is 0 Å². The summed E-state index contributed by atoms with van der Waals surface area (Å²) in [6.45, 7) is 0. The van der Waals surface area contributed by atoms with Crippen LogP contribution in [0.5, 0.6) is 0 Å². The van der Waals surface area contributed by atoms with Gasteiger partial charge < -0.3 is 0 Å². The van der Waals surface area contributed by atoms with E-state index in [9.17, 15) is 0 Å². The minimum absolute atomic E-state index is 0.673. The molecule has 6 heteroatoms. The zero-order valence-corrected chi connectivity index (χ0v) is 8.96. The summed E-state index contributed by atoms with van der Waals surface area (Å²) in [7, 11) is 1.80. The van der Waals surface area contributed by atoms with E-state index in [0.29, 0.717) is 5.02 Å². The van der Waals surface area contributed by atoms with Gasteiger partial charge in [0.05, 0.1) is 5.69 Å². The van der Waals surface area contributed by atoms with Crippen LogP contribution in [0.15, 0.2) is 29.3 Å². The summed E-state index contributed by atoms with van der Waals surface area (Å²) in [5.41, 5.74) is 0.805. The molecule has 0 aliphatic heterocycles. The molecule has 0 radical (unpaired) electrons. The van der Waals surface area contributed by atoms with Crippen LogP contribution >= 0.6 is 23.1 Å². The fraction of sp³-hybridized carbons (Fsp3) is 0.125. The van der Waals surface area contributed by atoms with Crippen molar-refractivity contribution >= 4 is 28.8 Å². The van der Waals surface area contributed by atoms with Crippen LogP contribution in [0.3, 0.4) is 0 Å². The van der Waals surface area contributed by atoms with E-state index in [-0.39, 0.29) is 0 Å². The van der Waals surface area contributed by atoms with Crippen LogP contribution in [0, 0.1) is 0 Å². The Labute approximate surface area is 89.6 Å². The fourth-order valence-corrected chi connectivity index (χ4v) is 1.66. The van der Waals surface area contributed by atoms with Gasteiger partial charge in [0.2, 0.25) is 4.80 Å². The van der Waals surface area contributed by atoms with Gasteiger partial charge in [-0.3, -0.25) is 0 Å². The van der Waals surface area contributed by atoms with Gasteiger partial charge in [-0.2, -0.15) is 0 Å². The van der Waals surface area contributed by atoms with Gasteiger partial charge in [-0.05, 0) is 18.2 Å². The lowest BCUT2D eigenvalue weighted by Crippen LogP contribution is -2.10. The molecule has 0 spiro atoms. The van der Waals surface area contributed by atoms with E-state index in [1.54, 1.807) is 17.8 Å². The third-order valence-corrected chi connectivity index (χ3v) is 2.51. The van der Waals surface area contributed by atoms with Crippen molar-refractivity contribution in [3.63, 3.8) is 0 Å². The minimum atomic E-state index is 0.673. The summed E-state index contributed by atoms with van der Waals surface area (Å²) < 4.78 is 5.38. The molecular weight excluding hydrogens is 220 g/mol. The molecule has 1 aromatic heterocycles. The summed E-state index contributed by atoms with van der Waals surface area (Å²) in [5.74, 6) is 0. The fourth-order valence-electron chi connectivity index (χ4n) is 0.956. The first-order valence-electron chi connectivity index (χ1n) is 3.92. The first-order valence-corrected chi connectivity index (χ1v) is 5.07. The summed E-state index contributed by atoms with van der Waals surface area (Å²) in [5, 5.41) is 4.47. The number of aryl methyl sites for hydroxylation is 1. The van der Waals surface area contributed by atoms with Crippen molar-refractivity contribution < 1.29 is 0 Å². The number of benzene rings is 1. The Kier molecular flexibility index (Phi) is 2.60. The van der Waals surface area contributed by atoms with E-state index in [2.05, 4.69) is 14.7 Å². The van der Waals surface area contributed by atoms with Crippen molar-refractivity contribution in [3.05, 3.63) is 34.1 Å². The highest BCUT2D eigenvalue weighted by Gasteiger charge is 1.94. The molecule has 0 bridgehead atoms. The highest BCUT2D eigenvalue weighted by molar-refractivity contribution is 7.02. The summed E-state index contributed by atoms with van der Waals surface area (Å²) >= 11 is 7.07. The second-order valence-electron chi connectivity index (χ2n) is 2.66. The summed E-state index contributed by atoms with van der Waals surface area (Å²) in [4.78, 5) is 5.08. The molecule has 14 heavy (non-hydrogen) atoms. The van der Waals surface area contributed by atoms with Crippen LogP contribution in [0.1, 0.15) is 0 Å². The Hall–Kier alpha value is -1.20. The van der Waals surface area contributed by atoms with Crippen LogP contribution < -0.4 is 4.80 Å². The quantitative estimate of drug-likeness (QED) is 0.744. The van der Waals surface area contributed by atoms with E-state index in [4.69, 9.17) is 11.6 Å². The Bertz CT molecular complexity index is 502. The molecule has 0 aliphatic rings. The van der Waals surface area contributed by atoms with E-state index < -0.39 is 0 Å². The Balaban J connectivity index is 2.49. The number of aromatic nitrogens is 3. The average Bonchev–Trinajstić information content (AvgIpc) is 2.52. The molecule has 2 aromatic rings. The van der Waals surface area contributed by atoms with Crippen LogP contribution in [0.4, 0.5) is 5.69 Å². The third-order valence-electron chi connectivity index (χ3n) is 1.60. The van der Waals surface area contributed by atoms with Crippen molar-refractivity contribution in [2.24, 2.45) is 12.0 Å². The Morgan fingerprint density at radius 1 is 1.50 bits per heavy atom.